The largest absolute Gasteiger partial charge is 0.500 e. The van der Waals surface area contributed by atoms with Crippen LogP contribution in [-0.4, -0.2) is 35.2 Å². The Labute approximate surface area is 198 Å². The molecule has 0 N–H and O–H groups in total. The molecule has 0 radical (unpaired) electrons. The van der Waals surface area contributed by atoms with Crippen LogP contribution in [0.3, 0.4) is 0 Å². The molecular weight excluding hydrogens is 416 g/mol. The Balaban J connectivity index is 1.62. The Kier molecular flexibility index (Phi) is 13.6. The minimum Gasteiger partial charge on any atom is -0.494 e. The van der Waals surface area contributed by atoms with E-state index < -0.39 is 8.80 Å². The smallest absolute Gasteiger partial charge is 0.494 e. The molecule has 1 aliphatic rings. The van der Waals surface area contributed by atoms with Crippen molar-refractivity contribution in [3.8, 4) is 5.75 Å². The highest BCUT2D eigenvalue weighted by molar-refractivity contribution is 6.60. The van der Waals surface area contributed by atoms with Crippen molar-refractivity contribution in [3.63, 3.8) is 0 Å². The summed E-state index contributed by atoms with van der Waals surface area (Å²) >= 11 is 0. The van der Waals surface area contributed by atoms with E-state index >= 15 is 0 Å². The zero-order chi connectivity index (χ0) is 23.1. The molecule has 0 saturated heterocycles. The third kappa shape index (κ3) is 9.54. The molecule has 184 valence electrons. The van der Waals surface area contributed by atoms with Crippen LogP contribution in [0.2, 0.25) is 6.04 Å². The second kappa shape index (κ2) is 15.9. The molecule has 1 aromatic rings. The van der Waals surface area contributed by atoms with Crippen molar-refractivity contribution in [3.05, 3.63) is 29.8 Å². The first-order valence-electron chi connectivity index (χ1n) is 13.3. The summed E-state index contributed by atoms with van der Waals surface area (Å²) in [4.78, 5) is 0. The van der Waals surface area contributed by atoms with Crippen molar-refractivity contribution in [1.29, 1.82) is 0 Å². The van der Waals surface area contributed by atoms with Gasteiger partial charge in [0.05, 0.1) is 6.61 Å². The van der Waals surface area contributed by atoms with E-state index in [1.165, 1.54) is 44.1 Å². The summed E-state index contributed by atoms with van der Waals surface area (Å²) in [6.07, 6.45) is 12.7. The first-order chi connectivity index (χ1) is 15.7. The molecule has 4 nitrogen and oxygen atoms in total. The molecule has 0 heterocycles. The lowest BCUT2D eigenvalue weighted by Gasteiger charge is -2.28. The predicted molar refractivity (Wildman–Crippen MR) is 135 cm³/mol. The SMILES string of the molecule is CCC[C@H]1CC[C@H](c2ccc(OCCCCCC[Si](OCC)(OCC)OCC)cc2)CC1. The maximum absolute atomic E-state index is 6.00. The predicted octanol–water partition coefficient (Wildman–Crippen LogP) is 7.75. The lowest BCUT2D eigenvalue weighted by atomic mass is 9.77. The number of hydrogen-bond acceptors (Lipinski definition) is 4. The molecule has 0 amide bonds. The van der Waals surface area contributed by atoms with Crippen molar-refractivity contribution in [2.75, 3.05) is 26.4 Å². The topological polar surface area (TPSA) is 36.9 Å². The lowest BCUT2D eigenvalue weighted by molar-refractivity contribution is 0.0706. The molecule has 0 spiro atoms. The monoisotopic (exact) mass is 464 g/mol. The Morgan fingerprint density at radius 1 is 0.750 bits per heavy atom. The van der Waals surface area contributed by atoms with E-state index in [9.17, 15) is 0 Å². The maximum Gasteiger partial charge on any atom is 0.500 e. The molecule has 0 atom stereocenters. The minimum absolute atomic E-state index is 0.652. The van der Waals surface area contributed by atoms with Gasteiger partial charge in [-0.1, -0.05) is 44.7 Å². The highest BCUT2D eigenvalue weighted by Gasteiger charge is 2.39. The van der Waals surface area contributed by atoms with Crippen LogP contribution in [0.25, 0.3) is 0 Å². The third-order valence-corrected chi connectivity index (χ3v) is 9.79. The van der Waals surface area contributed by atoms with Gasteiger partial charge in [0.1, 0.15) is 5.75 Å². The maximum atomic E-state index is 6.00. The lowest BCUT2D eigenvalue weighted by Crippen LogP contribution is -2.45. The van der Waals surface area contributed by atoms with Gasteiger partial charge in [-0.25, -0.2) is 0 Å². The zero-order valence-corrected chi connectivity index (χ0v) is 22.2. The van der Waals surface area contributed by atoms with Crippen molar-refractivity contribution in [2.24, 2.45) is 5.92 Å². The highest BCUT2D eigenvalue weighted by Crippen LogP contribution is 2.37. The van der Waals surface area contributed by atoms with Gasteiger partial charge in [0, 0.05) is 25.9 Å². The number of unbranched alkanes of at least 4 members (excludes halogenated alkanes) is 3. The van der Waals surface area contributed by atoms with E-state index in [1.807, 2.05) is 20.8 Å². The van der Waals surface area contributed by atoms with Crippen molar-refractivity contribution < 1.29 is 18.0 Å². The molecule has 1 saturated carbocycles. The minimum atomic E-state index is -2.48. The third-order valence-electron chi connectivity index (χ3n) is 6.63. The molecule has 1 fully saturated rings. The molecule has 0 aromatic heterocycles. The fourth-order valence-electron chi connectivity index (χ4n) is 5.02. The number of benzene rings is 1. The summed E-state index contributed by atoms with van der Waals surface area (Å²) in [5.41, 5.74) is 1.50. The normalized spacial score (nSPS) is 19.2. The molecule has 5 heteroatoms. The first-order valence-corrected chi connectivity index (χ1v) is 15.2. The first kappa shape index (κ1) is 27.4. The quantitative estimate of drug-likeness (QED) is 0.174. The van der Waals surface area contributed by atoms with Gasteiger partial charge in [-0.15, -0.1) is 0 Å². The standard InChI is InChI=1S/C27H48O4Si/c1-5-13-24-14-16-25(17-15-24)26-18-20-27(21-19-26)28-22-11-9-10-12-23-32(29-6-2,30-7-3)31-8-4/h18-21,24-25H,5-17,22-23H2,1-4H3/t24-,25-. The van der Waals surface area contributed by atoms with Gasteiger partial charge in [-0.2, -0.15) is 0 Å². The van der Waals surface area contributed by atoms with Crippen molar-refractivity contribution in [2.45, 2.75) is 104 Å². The van der Waals surface area contributed by atoms with E-state index in [-0.39, 0.29) is 0 Å². The summed E-state index contributed by atoms with van der Waals surface area (Å²) in [6, 6.07) is 9.82. The van der Waals surface area contributed by atoms with Crippen LogP contribution in [0.15, 0.2) is 24.3 Å². The summed E-state index contributed by atoms with van der Waals surface area (Å²) in [6.45, 7) is 11.1. The molecular formula is C27H48O4Si. The molecule has 1 aliphatic carbocycles. The Hall–Kier alpha value is -0.883. The summed E-state index contributed by atoms with van der Waals surface area (Å²) < 4.78 is 23.8. The van der Waals surface area contributed by atoms with E-state index in [2.05, 4.69) is 31.2 Å². The number of ether oxygens (including phenoxy) is 1. The average molecular weight is 465 g/mol. The molecule has 1 aromatic carbocycles. The van der Waals surface area contributed by atoms with Crippen molar-refractivity contribution in [1.82, 2.24) is 0 Å². The molecule has 0 aliphatic heterocycles. The van der Waals surface area contributed by atoms with Gasteiger partial charge in [-0.3, -0.25) is 0 Å². The van der Waals surface area contributed by atoms with Crippen LogP contribution in [-0.2, 0) is 13.3 Å². The van der Waals surface area contributed by atoms with E-state index in [0.29, 0.717) is 19.8 Å². The van der Waals surface area contributed by atoms with Crippen LogP contribution in [0.1, 0.15) is 103 Å². The van der Waals surface area contributed by atoms with Crippen LogP contribution in [0, 0.1) is 5.92 Å². The Morgan fingerprint density at radius 3 is 1.91 bits per heavy atom. The van der Waals surface area contributed by atoms with E-state index in [0.717, 1.165) is 55.9 Å². The Bertz CT molecular complexity index is 567. The molecule has 0 bridgehead atoms. The van der Waals surface area contributed by atoms with Crippen molar-refractivity contribution >= 4 is 8.80 Å². The number of rotatable bonds is 17. The van der Waals surface area contributed by atoms with Gasteiger partial charge >= 0.3 is 8.80 Å². The van der Waals surface area contributed by atoms with Crippen LogP contribution >= 0.6 is 0 Å². The van der Waals surface area contributed by atoms with Crippen LogP contribution in [0.5, 0.6) is 5.75 Å². The zero-order valence-electron chi connectivity index (χ0n) is 21.2. The van der Waals surface area contributed by atoms with Gasteiger partial charge in [0.2, 0.25) is 0 Å². The van der Waals surface area contributed by atoms with Gasteiger partial charge < -0.3 is 18.0 Å². The second-order valence-electron chi connectivity index (χ2n) is 9.07. The fourth-order valence-corrected chi connectivity index (χ4v) is 7.70. The highest BCUT2D eigenvalue weighted by atomic mass is 28.4. The summed E-state index contributed by atoms with van der Waals surface area (Å²) in [5, 5.41) is 0. The summed E-state index contributed by atoms with van der Waals surface area (Å²) in [7, 11) is -2.48. The molecule has 0 unspecified atom stereocenters. The average Bonchev–Trinajstić information content (AvgIpc) is 2.80. The fraction of sp³-hybridized carbons (Fsp3) is 0.778. The Morgan fingerprint density at radius 2 is 1.34 bits per heavy atom. The van der Waals surface area contributed by atoms with Crippen LogP contribution in [0.4, 0.5) is 0 Å². The molecule has 2 rings (SSSR count). The van der Waals surface area contributed by atoms with Crippen LogP contribution < -0.4 is 4.74 Å². The second-order valence-corrected chi connectivity index (χ2v) is 11.8. The number of hydrogen-bond donors (Lipinski definition) is 0. The van der Waals surface area contributed by atoms with Gasteiger partial charge in [0.25, 0.3) is 0 Å². The van der Waals surface area contributed by atoms with Gasteiger partial charge in [-0.05, 0) is 88.8 Å². The van der Waals surface area contributed by atoms with E-state index in [4.69, 9.17) is 18.0 Å². The van der Waals surface area contributed by atoms with Gasteiger partial charge in [0.15, 0.2) is 0 Å². The summed E-state index contributed by atoms with van der Waals surface area (Å²) in [5.74, 6) is 2.72. The molecule has 32 heavy (non-hydrogen) atoms. The van der Waals surface area contributed by atoms with E-state index in [1.54, 1.807) is 0 Å².